The highest BCUT2D eigenvalue weighted by Crippen LogP contribution is 2.19. The summed E-state index contributed by atoms with van der Waals surface area (Å²) in [6.07, 6.45) is 2.45. The average Bonchev–Trinajstić information content (AvgIpc) is 2.56. The average molecular weight is 375 g/mol. The molecule has 0 spiro atoms. The molecule has 0 aliphatic rings. The summed E-state index contributed by atoms with van der Waals surface area (Å²) in [5.41, 5.74) is 3.54. The maximum atomic E-state index is 11.8. The predicted octanol–water partition coefficient (Wildman–Crippen LogP) is 4.31. The number of carbonyl (C=O) groups excluding carboxylic acids is 1. The molecule has 0 unspecified atom stereocenters. The van der Waals surface area contributed by atoms with Gasteiger partial charge < -0.3 is 10.6 Å². The molecule has 0 saturated heterocycles. The van der Waals surface area contributed by atoms with E-state index in [1.807, 2.05) is 30.3 Å². The standard InChI is InChI=1S/C19H23BrN2O/c1-15-14-17(9-10-18(15)20)21-13-11-19(23)22-12-5-8-16-6-3-2-4-7-16/h2-4,6-7,9-10,14,21H,5,8,11-13H2,1H3,(H,22,23). The van der Waals surface area contributed by atoms with Gasteiger partial charge in [-0.15, -0.1) is 0 Å². The molecule has 2 rings (SSSR count). The Hall–Kier alpha value is -1.81. The lowest BCUT2D eigenvalue weighted by Gasteiger charge is -2.09. The van der Waals surface area contributed by atoms with E-state index in [-0.39, 0.29) is 5.91 Å². The van der Waals surface area contributed by atoms with Gasteiger partial charge in [-0.3, -0.25) is 4.79 Å². The van der Waals surface area contributed by atoms with Crippen LogP contribution in [0.5, 0.6) is 0 Å². The van der Waals surface area contributed by atoms with E-state index in [1.54, 1.807) is 0 Å². The minimum atomic E-state index is 0.0967. The molecular weight excluding hydrogens is 352 g/mol. The lowest BCUT2D eigenvalue weighted by molar-refractivity contribution is -0.120. The Balaban J connectivity index is 1.59. The molecule has 0 fully saturated rings. The van der Waals surface area contributed by atoms with Gasteiger partial charge in [0.1, 0.15) is 0 Å². The molecule has 23 heavy (non-hydrogen) atoms. The zero-order chi connectivity index (χ0) is 16.5. The van der Waals surface area contributed by atoms with Crippen molar-refractivity contribution in [2.45, 2.75) is 26.2 Å². The third kappa shape index (κ3) is 6.45. The molecule has 3 nitrogen and oxygen atoms in total. The van der Waals surface area contributed by atoms with E-state index in [9.17, 15) is 4.79 Å². The third-order valence-corrected chi connectivity index (χ3v) is 4.54. The number of carbonyl (C=O) groups is 1. The van der Waals surface area contributed by atoms with E-state index in [1.165, 1.54) is 11.1 Å². The second kappa shape index (κ2) is 9.36. The largest absolute Gasteiger partial charge is 0.385 e. The topological polar surface area (TPSA) is 41.1 Å². The summed E-state index contributed by atoms with van der Waals surface area (Å²) >= 11 is 3.48. The van der Waals surface area contributed by atoms with Gasteiger partial charge in [-0.25, -0.2) is 0 Å². The molecule has 0 saturated carbocycles. The second-order valence-electron chi connectivity index (χ2n) is 5.58. The summed E-state index contributed by atoms with van der Waals surface area (Å²) in [5.74, 6) is 0.0967. The van der Waals surface area contributed by atoms with Crippen LogP contribution >= 0.6 is 15.9 Å². The fourth-order valence-electron chi connectivity index (χ4n) is 2.33. The van der Waals surface area contributed by atoms with Gasteiger partial charge in [-0.1, -0.05) is 46.3 Å². The molecule has 0 bridgehead atoms. The van der Waals surface area contributed by atoms with Crippen molar-refractivity contribution < 1.29 is 4.79 Å². The molecule has 0 aliphatic heterocycles. The number of anilines is 1. The number of halogens is 1. The van der Waals surface area contributed by atoms with E-state index in [0.29, 0.717) is 13.0 Å². The number of rotatable bonds is 8. The zero-order valence-corrected chi connectivity index (χ0v) is 15.0. The smallest absolute Gasteiger partial charge is 0.221 e. The van der Waals surface area contributed by atoms with Gasteiger partial charge >= 0.3 is 0 Å². The number of nitrogens with one attached hydrogen (secondary N) is 2. The zero-order valence-electron chi connectivity index (χ0n) is 13.4. The van der Waals surface area contributed by atoms with Gasteiger partial charge in [0.15, 0.2) is 0 Å². The van der Waals surface area contributed by atoms with Crippen molar-refractivity contribution in [3.63, 3.8) is 0 Å². The number of hydrogen-bond donors (Lipinski definition) is 2. The van der Waals surface area contributed by atoms with E-state index in [0.717, 1.165) is 29.5 Å². The maximum absolute atomic E-state index is 11.8. The van der Waals surface area contributed by atoms with E-state index in [4.69, 9.17) is 0 Å². The molecule has 0 radical (unpaired) electrons. The molecule has 2 aromatic rings. The number of hydrogen-bond acceptors (Lipinski definition) is 2. The normalized spacial score (nSPS) is 10.3. The minimum absolute atomic E-state index is 0.0967. The second-order valence-corrected chi connectivity index (χ2v) is 6.43. The molecule has 0 aliphatic carbocycles. The minimum Gasteiger partial charge on any atom is -0.385 e. The molecular formula is C19H23BrN2O. The van der Waals surface area contributed by atoms with Crippen LogP contribution in [0, 0.1) is 6.92 Å². The van der Waals surface area contributed by atoms with Gasteiger partial charge in [0, 0.05) is 29.7 Å². The Morgan fingerprint density at radius 2 is 1.87 bits per heavy atom. The van der Waals surface area contributed by atoms with Gasteiger partial charge in [-0.2, -0.15) is 0 Å². The fraction of sp³-hybridized carbons (Fsp3) is 0.316. The number of amides is 1. The summed E-state index contributed by atoms with van der Waals surface area (Å²) < 4.78 is 1.10. The Kier molecular flexibility index (Phi) is 7.14. The van der Waals surface area contributed by atoms with E-state index < -0.39 is 0 Å². The Morgan fingerprint density at radius 3 is 2.61 bits per heavy atom. The van der Waals surface area contributed by atoms with Crippen LogP contribution in [-0.2, 0) is 11.2 Å². The van der Waals surface area contributed by atoms with Crippen LogP contribution in [0.25, 0.3) is 0 Å². The first-order valence-electron chi connectivity index (χ1n) is 7.96. The van der Waals surface area contributed by atoms with E-state index in [2.05, 4.69) is 51.7 Å². The molecule has 2 aromatic carbocycles. The lowest BCUT2D eigenvalue weighted by Crippen LogP contribution is -2.26. The Labute approximate surface area is 146 Å². The van der Waals surface area contributed by atoms with Crippen LogP contribution in [0.15, 0.2) is 53.0 Å². The number of benzene rings is 2. The van der Waals surface area contributed by atoms with E-state index >= 15 is 0 Å². The van der Waals surface area contributed by atoms with Crippen LogP contribution in [-0.4, -0.2) is 19.0 Å². The summed E-state index contributed by atoms with van der Waals surface area (Å²) in [6.45, 7) is 3.42. The van der Waals surface area contributed by atoms with Crippen LogP contribution in [0.2, 0.25) is 0 Å². The first kappa shape index (κ1) is 17.5. The van der Waals surface area contributed by atoms with Crippen molar-refractivity contribution in [1.29, 1.82) is 0 Å². The summed E-state index contributed by atoms with van der Waals surface area (Å²) in [7, 11) is 0. The fourth-order valence-corrected chi connectivity index (χ4v) is 2.58. The van der Waals surface area contributed by atoms with Crippen molar-refractivity contribution in [2.24, 2.45) is 0 Å². The highest BCUT2D eigenvalue weighted by Gasteiger charge is 2.02. The molecule has 4 heteroatoms. The molecule has 0 aromatic heterocycles. The van der Waals surface area contributed by atoms with Crippen LogP contribution < -0.4 is 10.6 Å². The van der Waals surface area contributed by atoms with Crippen molar-refractivity contribution in [3.05, 3.63) is 64.1 Å². The van der Waals surface area contributed by atoms with Crippen LogP contribution in [0.1, 0.15) is 24.0 Å². The third-order valence-electron chi connectivity index (χ3n) is 3.65. The van der Waals surface area contributed by atoms with Gasteiger partial charge in [0.05, 0.1) is 0 Å². The number of aryl methyl sites for hydroxylation is 2. The summed E-state index contributed by atoms with van der Waals surface area (Å²) in [5, 5.41) is 6.25. The molecule has 1 amide bonds. The Bertz CT molecular complexity index is 629. The molecule has 2 N–H and O–H groups in total. The van der Waals surface area contributed by atoms with Crippen molar-refractivity contribution >= 4 is 27.5 Å². The van der Waals surface area contributed by atoms with Gasteiger partial charge in [0.25, 0.3) is 0 Å². The van der Waals surface area contributed by atoms with Gasteiger partial charge in [-0.05, 0) is 49.1 Å². The van der Waals surface area contributed by atoms with Gasteiger partial charge in [0.2, 0.25) is 5.91 Å². The van der Waals surface area contributed by atoms with Crippen molar-refractivity contribution in [3.8, 4) is 0 Å². The summed E-state index contributed by atoms with van der Waals surface area (Å²) in [4.78, 5) is 11.8. The first-order chi connectivity index (χ1) is 11.1. The highest BCUT2D eigenvalue weighted by atomic mass is 79.9. The predicted molar refractivity (Wildman–Crippen MR) is 99.8 cm³/mol. The van der Waals surface area contributed by atoms with Crippen LogP contribution in [0.3, 0.4) is 0 Å². The first-order valence-corrected chi connectivity index (χ1v) is 8.75. The van der Waals surface area contributed by atoms with Crippen molar-refractivity contribution in [1.82, 2.24) is 5.32 Å². The van der Waals surface area contributed by atoms with Crippen molar-refractivity contribution in [2.75, 3.05) is 18.4 Å². The quantitative estimate of drug-likeness (QED) is 0.675. The van der Waals surface area contributed by atoms with Crippen LogP contribution in [0.4, 0.5) is 5.69 Å². The molecule has 0 atom stereocenters. The SMILES string of the molecule is Cc1cc(NCCC(=O)NCCCc2ccccc2)ccc1Br. The summed E-state index contributed by atoms with van der Waals surface area (Å²) in [6, 6.07) is 16.4. The molecule has 122 valence electrons. The highest BCUT2D eigenvalue weighted by molar-refractivity contribution is 9.10. The maximum Gasteiger partial charge on any atom is 0.221 e. The molecule has 0 heterocycles. The Morgan fingerprint density at radius 1 is 1.09 bits per heavy atom. The monoisotopic (exact) mass is 374 g/mol. The lowest BCUT2D eigenvalue weighted by atomic mass is 10.1.